The van der Waals surface area contributed by atoms with Crippen LogP contribution in [0.5, 0.6) is 0 Å². The highest BCUT2D eigenvalue weighted by Gasteiger charge is 2.12. The Hall–Kier alpha value is -1.15. The second-order valence-electron chi connectivity index (χ2n) is 9.50. The van der Waals surface area contributed by atoms with Crippen LogP contribution >= 0.6 is 0 Å². The molecule has 0 fully saturated rings. The number of rotatable bonds is 21. The van der Waals surface area contributed by atoms with E-state index < -0.39 is 0 Å². The van der Waals surface area contributed by atoms with E-state index >= 15 is 0 Å². The SMILES string of the molecule is CCCCCCCC/C=C\CCCCCCCCC(CCCCN)c1cc[n+](C)cc1. The van der Waals surface area contributed by atoms with Crippen LogP contribution < -0.4 is 10.3 Å². The average molecular weight is 430 g/mol. The van der Waals surface area contributed by atoms with Crippen molar-refractivity contribution in [2.24, 2.45) is 12.8 Å². The first-order valence-electron chi connectivity index (χ1n) is 13.6. The molecule has 0 aromatic carbocycles. The maximum Gasteiger partial charge on any atom is 0.168 e. The number of aromatic nitrogens is 1. The molecule has 2 heteroatoms. The summed E-state index contributed by atoms with van der Waals surface area (Å²) in [6.45, 7) is 3.11. The summed E-state index contributed by atoms with van der Waals surface area (Å²) in [5, 5.41) is 0. The van der Waals surface area contributed by atoms with Gasteiger partial charge in [-0.15, -0.1) is 0 Å². The molecule has 0 saturated carbocycles. The third-order valence-corrected chi connectivity index (χ3v) is 6.55. The quantitative estimate of drug-likeness (QED) is 0.119. The molecule has 2 N–H and O–H groups in total. The summed E-state index contributed by atoms with van der Waals surface area (Å²) < 4.78 is 2.13. The fourth-order valence-electron chi connectivity index (χ4n) is 4.44. The lowest BCUT2D eigenvalue weighted by Crippen LogP contribution is -2.26. The molecule has 2 nitrogen and oxygen atoms in total. The summed E-state index contributed by atoms with van der Waals surface area (Å²) in [6.07, 6.45) is 33.6. The number of unbranched alkanes of at least 4 members (excludes halogenated alkanes) is 13. The molecule has 1 aromatic heterocycles. The number of nitrogens with two attached hydrogens (primary N) is 1. The number of nitrogens with zero attached hydrogens (tertiary/aromatic N) is 1. The van der Waals surface area contributed by atoms with Gasteiger partial charge >= 0.3 is 0 Å². The van der Waals surface area contributed by atoms with Gasteiger partial charge in [0.1, 0.15) is 7.05 Å². The second kappa shape index (κ2) is 20.7. The van der Waals surface area contributed by atoms with Crippen molar-refractivity contribution in [1.82, 2.24) is 0 Å². The molecule has 1 atom stereocenters. The van der Waals surface area contributed by atoms with Crippen molar-refractivity contribution in [3.05, 3.63) is 42.2 Å². The van der Waals surface area contributed by atoms with Crippen molar-refractivity contribution in [3.8, 4) is 0 Å². The van der Waals surface area contributed by atoms with E-state index in [2.05, 4.69) is 55.2 Å². The van der Waals surface area contributed by atoms with Crippen LogP contribution in [0.25, 0.3) is 0 Å². The van der Waals surface area contributed by atoms with Crippen LogP contribution in [0, 0.1) is 0 Å². The van der Waals surface area contributed by atoms with Crippen LogP contribution in [-0.4, -0.2) is 6.54 Å². The van der Waals surface area contributed by atoms with Crippen LogP contribution in [0.15, 0.2) is 36.7 Å². The maximum absolute atomic E-state index is 5.71. The molecule has 0 saturated heterocycles. The van der Waals surface area contributed by atoms with Crippen molar-refractivity contribution in [2.75, 3.05) is 6.54 Å². The molecule has 31 heavy (non-hydrogen) atoms. The van der Waals surface area contributed by atoms with Gasteiger partial charge in [-0.3, -0.25) is 0 Å². The summed E-state index contributed by atoms with van der Waals surface area (Å²) in [5.74, 6) is 0.713. The van der Waals surface area contributed by atoms with Crippen molar-refractivity contribution in [1.29, 1.82) is 0 Å². The van der Waals surface area contributed by atoms with E-state index in [-0.39, 0.29) is 0 Å². The highest BCUT2D eigenvalue weighted by molar-refractivity contribution is 5.13. The first-order valence-corrected chi connectivity index (χ1v) is 13.6. The fourth-order valence-corrected chi connectivity index (χ4v) is 4.44. The molecule has 0 aliphatic carbocycles. The van der Waals surface area contributed by atoms with Crippen LogP contribution in [-0.2, 0) is 7.05 Å². The maximum atomic E-state index is 5.71. The van der Waals surface area contributed by atoms with E-state index in [4.69, 9.17) is 5.73 Å². The minimum absolute atomic E-state index is 0.713. The highest BCUT2D eigenvalue weighted by Crippen LogP contribution is 2.27. The van der Waals surface area contributed by atoms with Gasteiger partial charge in [0.05, 0.1) is 0 Å². The third-order valence-electron chi connectivity index (χ3n) is 6.55. The van der Waals surface area contributed by atoms with Gasteiger partial charge in [0.25, 0.3) is 0 Å². The Labute approximate surface area is 194 Å². The summed E-state index contributed by atoms with van der Waals surface area (Å²) >= 11 is 0. The molecule has 0 bridgehead atoms. The molecular formula is C29H53N2+. The number of pyridine rings is 1. The molecule has 1 rings (SSSR count). The van der Waals surface area contributed by atoms with E-state index in [9.17, 15) is 0 Å². The van der Waals surface area contributed by atoms with E-state index in [0.29, 0.717) is 5.92 Å². The molecule has 0 aliphatic heterocycles. The van der Waals surface area contributed by atoms with Gasteiger partial charge in [0.2, 0.25) is 0 Å². The topological polar surface area (TPSA) is 29.9 Å². The Morgan fingerprint density at radius 2 is 1.19 bits per heavy atom. The molecule has 178 valence electrons. The Balaban J connectivity index is 2.02. The van der Waals surface area contributed by atoms with Gasteiger partial charge in [-0.2, -0.15) is 0 Å². The Morgan fingerprint density at radius 1 is 0.710 bits per heavy atom. The Kier molecular flexibility index (Phi) is 18.7. The lowest BCUT2D eigenvalue weighted by molar-refractivity contribution is -0.671. The third kappa shape index (κ3) is 16.2. The predicted molar refractivity (Wildman–Crippen MR) is 137 cm³/mol. The Bertz CT molecular complexity index is 520. The zero-order valence-electron chi connectivity index (χ0n) is 21.0. The summed E-state index contributed by atoms with van der Waals surface area (Å²) in [5.41, 5.74) is 7.22. The Morgan fingerprint density at radius 3 is 1.74 bits per heavy atom. The number of hydrogen-bond acceptors (Lipinski definition) is 1. The average Bonchev–Trinajstić information content (AvgIpc) is 2.78. The summed E-state index contributed by atoms with van der Waals surface area (Å²) in [7, 11) is 2.10. The van der Waals surface area contributed by atoms with Gasteiger partial charge in [-0.05, 0) is 63.0 Å². The first-order chi connectivity index (χ1) is 15.3. The van der Waals surface area contributed by atoms with Crippen molar-refractivity contribution in [3.63, 3.8) is 0 Å². The van der Waals surface area contributed by atoms with E-state index in [1.54, 1.807) is 0 Å². The van der Waals surface area contributed by atoms with Gasteiger partial charge in [0.15, 0.2) is 12.4 Å². The molecule has 1 aromatic rings. The van der Waals surface area contributed by atoms with E-state index in [0.717, 1.165) is 13.0 Å². The zero-order chi connectivity index (χ0) is 22.4. The van der Waals surface area contributed by atoms with Gasteiger partial charge in [-0.1, -0.05) is 89.7 Å². The van der Waals surface area contributed by atoms with Crippen molar-refractivity contribution < 1.29 is 4.57 Å². The van der Waals surface area contributed by atoms with Crippen LogP contribution in [0.2, 0.25) is 0 Å². The van der Waals surface area contributed by atoms with Gasteiger partial charge < -0.3 is 5.73 Å². The van der Waals surface area contributed by atoms with Crippen LogP contribution in [0.3, 0.4) is 0 Å². The van der Waals surface area contributed by atoms with Crippen LogP contribution in [0.1, 0.15) is 134 Å². The van der Waals surface area contributed by atoms with E-state index in [1.807, 2.05) is 0 Å². The molecular weight excluding hydrogens is 376 g/mol. The lowest BCUT2D eigenvalue weighted by Gasteiger charge is -2.16. The first kappa shape index (κ1) is 27.9. The molecule has 0 aliphatic rings. The molecule has 0 spiro atoms. The number of hydrogen-bond donors (Lipinski definition) is 1. The largest absolute Gasteiger partial charge is 0.330 e. The number of allylic oxidation sites excluding steroid dienone is 2. The highest BCUT2D eigenvalue weighted by atomic mass is 14.9. The number of aryl methyl sites for hydroxylation is 1. The minimum Gasteiger partial charge on any atom is -0.330 e. The molecule has 1 heterocycles. The summed E-state index contributed by atoms with van der Waals surface area (Å²) in [4.78, 5) is 0. The summed E-state index contributed by atoms with van der Waals surface area (Å²) in [6, 6.07) is 4.63. The van der Waals surface area contributed by atoms with E-state index in [1.165, 1.54) is 115 Å². The standard InChI is InChI=1S/C29H53N2/c1-3-4-5-6-7-8-9-10-11-12-13-14-15-16-17-18-21-28(22-19-20-25-30)29-23-26-31(2)27-24-29/h10-11,23-24,26-28H,3-9,12-22,25,30H2,1-2H3/q+1/b11-10-. The van der Waals surface area contributed by atoms with Crippen molar-refractivity contribution >= 4 is 0 Å². The van der Waals surface area contributed by atoms with Crippen LogP contribution in [0.4, 0.5) is 0 Å². The van der Waals surface area contributed by atoms with Gasteiger partial charge in [0, 0.05) is 12.1 Å². The van der Waals surface area contributed by atoms with Crippen molar-refractivity contribution in [2.45, 2.75) is 128 Å². The predicted octanol–water partition coefficient (Wildman–Crippen LogP) is 8.15. The lowest BCUT2D eigenvalue weighted by atomic mass is 9.89. The fraction of sp³-hybridized carbons (Fsp3) is 0.759. The second-order valence-corrected chi connectivity index (χ2v) is 9.50. The normalized spacial score (nSPS) is 12.6. The van der Waals surface area contributed by atoms with Gasteiger partial charge in [-0.25, -0.2) is 4.57 Å². The molecule has 0 amide bonds. The zero-order valence-corrected chi connectivity index (χ0v) is 21.0. The smallest absolute Gasteiger partial charge is 0.168 e. The molecule has 1 unspecified atom stereocenters. The monoisotopic (exact) mass is 429 g/mol. The molecule has 0 radical (unpaired) electrons. The minimum atomic E-state index is 0.713.